The smallest absolute Gasteiger partial charge is 0.256 e. The molecule has 0 aliphatic rings. The highest BCUT2D eigenvalue weighted by atomic mass is 35.5. The number of halogens is 4. The molecule has 0 aliphatic heterocycles. The second kappa shape index (κ2) is 12.2. The molecule has 0 atom stereocenters. The fourth-order valence-corrected chi connectivity index (χ4v) is 2.32. The maximum atomic E-state index is 12.3. The number of nitrogens with one attached hydrogen (secondary N) is 2. The van der Waals surface area contributed by atoms with Crippen molar-refractivity contribution in [2.75, 3.05) is 20.1 Å². The topological polar surface area (TPSA) is 63.2 Å². The Labute approximate surface area is 169 Å². The molecule has 2 rings (SSSR count). The largest absolute Gasteiger partial charge is 0.437 e. The van der Waals surface area contributed by atoms with Crippen LogP contribution in [0.4, 0.5) is 0 Å². The summed E-state index contributed by atoms with van der Waals surface area (Å²) in [5, 5.41) is 6.71. The van der Waals surface area contributed by atoms with Crippen LogP contribution in [0.1, 0.15) is 16.8 Å². The Morgan fingerprint density at radius 2 is 1.96 bits per heavy atom. The SMILES string of the molecule is CNCCCNC(=O)c1cccnc1Oc1ccc(Cl)cc1Cl.Cl.Cl. The lowest BCUT2D eigenvalue weighted by Crippen LogP contribution is -2.27. The summed E-state index contributed by atoms with van der Waals surface area (Å²) in [5.41, 5.74) is 0.350. The Kier molecular flexibility index (Phi) is 11.6. The van der Waals surface area contributed by atoms with Gasteiger partial charge >= 0.3 is 0 Å². The highest BCUT2D eigenvalue weighted by Crippen LogP contribution is 2.31. The summed E-state index contributed by atoms with van der Waals surface area (Å²) in [4.78, 5) is 16.4. The van der Waals surface area contributed by atoms with Gasteiger partial charge < -0.3 is 15.4 Å². The van der Waals surface area contributed by atoms with E-state index in [2.05, 4.69) is 15.6 Å². The number of benzene rings is 1. The maximum absolute atomic E-state index is 12.3. The summed E-state index contributed by atoms with van der Waals surface area (Å²) in [6.45, 7) is 1.40. The van der Waals surface area contributed by atoms with Gasteiger partial charge in [-0.1, -0.05) is 23.2 Å². The summed E-state index contributed by atoms with van der Waals surface area (Å²) >= 11 is 11.9. The molecule has 0 radical (unpaired) electrons. The molecule has 1 amide bonds. The van der Waals surface area contributed by atoms with Crippen LogP contribution in [0.15, 0.2) is 36.5 Å². The highest BCUT2D eigenvalue weighted by molar-refractivity contribution is 6.35. The fourth-order valence-electron chi connectivity index (χ4n) is 1.87. The standard InChI is InChI=1S/C16H17Cl2N3O2.2ClH/c1-19-7-3-9-20-15(22)12-4-2-8-21-16(12)23-14-6-5-11(17)10-13(14)18;;/h2,4-6,8,10,19H,3,7,9H2,1H3,(H,20,22);2*1H. The molecule has 0 unspecified atom stereocenters. The monoisotopic (exact) mass is 425 g/mol. The Morgan fingerprint density at radius 1 is 1.20 bits per heavy atom. The van der Waals surface area contributed by atoms with Crippen LogP contribution in [0.2, 0.25) is 10.0 Å². The Bertz CT molecular complexity index is 686. The zero-order valence-electron chi connectivity index (χ0n) is 13.4. The number of amides is 1. The van der Waals surface area contributed by atoms with Crippen molar-refractivity contribution in [1.82, 2.24) is 15.6 Å². The van der Waals surface area contributed by atoms with E-state index in [1.165, 1.54) is 0 Å². The summed E-state index contributed by atoms with van der Waals surface area (Å²) in [7, 11) is 1.87. The molecular weight excluding hydrogens is 408 g/mol. The molecule has 1 heterocycles. The van der Waals surface area contributed by atoms with Crippen molar-refractivity contribution in [2.45, 2.75) is 6.42 Å². The van der Waals surface area contributed by atoms with E-state index in [-0.39, 0.29) is 36.6 Å². The Morgan fingerprint density at radius 3 is 2.64 bits per heavy atom. The number of rotatable bonds is 7. The van der Waals surface area contributed by atoms with Crippen molar-refractivity contribution in [1.29, 1.82) is 0 Å². The molecule has 5 nitrogen and oxygen atoms in total. The molecule has 0 bridgehead atoms. The molecule has 1 aromatic heterocycles. The Hall–Kier alpha value is -1.24. The van der Waals surface area contributed by atoms with E-state index in [4.69, 9.17) is 27.9 Å². The first-order valence-corrected chi connectivity index (χ1v) is 7.88. The molecule has 25 heavy (non-hydrogen) atoms. The van der Waals surface area contributed by atoms with Crippen LogP contribution in [-0.2, 0) is 0 Å². The summed E-state index contributed by atoms with van der Waals surface area (Å²) in [6, 6.07) is 8.19. The second-order valence-corrected chi connectivity index (χ2v) is 5.59. The van der Waals surface area contributed by atoms with Crippen molar-refractivity contribution in [3.63, 3.8) is 0 Å². The molecule has 0 spiro atoms. The van der Waals surface area contributed by atoms with Crippen LogP contribution in [0.5, 0.6) is 11.6 Å². The molecule has 2 N–H and O–H groups in total. The zero-order valence-corrected chi connectivity index (χ0v) is 16.6. The number of aromatic nitrogens is 1. The number of ether oxygens (including phenoxy) is 1. The third kappa shape index (κ3) is 7.26. The predicted octanol–water partition coefficient (Wildman–Crippen LogP) is 4.36. The van der Waals surface area contributed by atoms with Crippen LogP contribution in [0.3, 0.4) is 0 Å². The van der Waals surface area contributed by atoms with Gasteiger partial charge in [-0.15, -0.1) is 24.8 Å². The number of hydrogen-bond acceptors (Lipinski definition) is 4. The van der Waals surface area contributed by atoms with Gasteiger partial charge in [0.2, 0.25) is 5.88 Å². The van der Waals surface area contributed by atoms with Crippen molar-refractivity contribution in [3.8, 4) is 11.6 Å². The van der Waals surface area contributed by atoms with Crippen LogP contribution in [-0.4, -0.2) is 31.0 Å². The number of carbonyl (C=O) groups is 1. The molecule has 2 aromatic rings. The van der Waals surface area contributed by atoms with Gasteiger partial charge in [-0.05, 0) is 50.3 Å². The van der Waals surface area contributed by atoms with Gasteiger partial charge in [0.05, 0.1) is 5.02 Å². The molecule has 0 fully saturated rings. The Balaban J connectivity index is 0.00000288. The summed E-state index contributed by atoms with van der Waals surface area (Å²) in [6.07, 6.45) is 2.39. The summed E-state index contributed by atoms with van der Waals surface area (Å²) in [5.74, 6) is 0.344. The van der Waals surface area contributed by atoms with Crippen molar-refractivity contribution >= 4 is 53.9 Å². The normalized spacial score (nSPS) is 9.56. The number of nitrogens with zero attached hydrogens (tertiary/aromatic N) is 1. The van der Waals surface area contributed by atoms with Crippen molar-refractivity contribution < 1.29 is 9.53 Å². The second-order valence-electron chi connectivity index (χ2n) is 4.75. The van der Waals surface area contributed by atoms with Gasteiger partial charge in [0.1, 0.15) is 11.3 Å². The lowest BCUT2D eigenvalue weighted by molar-refractivity contribution is 0.0950. The fraction of sp³-hybridized carbons (Fsp3) is 0.250. The van der Waals surface area contributed by atoms with Gasteiger partial charge in [0, 0.05) is 17.8 Å². The molecular formula is C16H19Cl4N3O2. The molecule has 0 saturated carbocycles. The third-order valence-electron chi connectivity index (χ3n) is 3.01. The van der Waals surface area contributed by atoms with E-state index in [1.807, 2.05) is 7.05 Å². The molecule has 0 saturated heterocycles. The van der Waals surface area contributed by atoms with E-state index in [9.17, 15) is 4.79 Å². The van der Waals surface area contributed by atoms with E-state index in [0.717, 1.165) is 13.0 Å². The number of carbonyl (C=O) groups excluding carboxylic acids is 1. The van der Waals surface area contributed by atoms with E-state index in [1.54, 1.807) is 36.5 Å². The predicted molar refractivity (Wildman–Crippen MR) is 106 cm³/mol. The van der Waals surface area contributed by atoms with Crippen LogP contribution >= 0.6 is 48.0 Å². The van der Waals surface area contributed by atoms with E-state index >= 15 is 0 Å². The van der Waals surface area contributed by atoms with Crippen molar-refractivity contribution in [3.05, 3.63) is 52.1 Å². The van der Waals surface area contributed by atoms with Crippen LogP contribution in [0, 0.1) is 0 Å². The van der Waals surface area contributed by atoms with Gasteiger partial charge in [0.15, 0.2) is 0 Å². The molecule has 0 aliphatic carbocycles. The first-order chi connectivity index (χ1) is 11.1. The lowest BCUT2D eigenvalue weighted by Gasteiger charge is -2.11. The van der Waals surface area contributed by atoms with Gasteiger partial charge in [-0.2, -0.15) is 0 Å². The van der Waals surface area contributed by atoms with Crippen molar-refractivity contribution in [2.24, 2.45) is 0 Å². The zero-order chi connectivity index (χ0) is 16.7. The average Bonchev–Trinajstić information content (AvgIpc) is 2.54. The average molecular weight is 427 g/mol. The number of hydrogen-bond donors (Lipinski definition) is 2. The van der Waals surface area contributed by atoms with E-state index < -0.39 is 0 Å². The van der Waals surface area contributed by atoms with E-state index in [0.29, 0.717) is 27.9 Å². The molecule has 1 aromatic carbocycles. The maximum Gasteiger partial charge on any atom is 0.256 e. The third-order valence-corrected chi connectivity index (χ3v) is 3.54. The summed E-state index contributed by atoms with van der Waals surface area (Å²) < 4.78 is 5.67. The quantitative estimate of drug-likeness (QED) is 0.645. The number of pyridine rings is 1. The lowest BCUT2D eigenvalue weighted by atomic mass is 10.2. The first kappa shape index (κ1) is 23.8. The molecule has 9 heteroatoms. The minimum absolute atomic E-state index is 0. The van der Waals surface area contributed by atoms with Crippen LogP contribution in [0.25, 0.3) is 0 Å². The van der Waals surface area contributed by atoms with Crippen LogP contribution < -0.4 is 15.4 Å². The van der Waals surface area contributed by atoms with Gasteiger partial charge in [0.25, 0.3) is 5.91 Å². The highest BCUT2D eigenvalue weighted by Gasteiger charge is 2.15. The minimum Gasteiger partial charge on any atom is -0.437 e. The van der Waals surface area contributed by atoms with Gasteiger partial charge in [-0.3, -0.25) is 4.79 Å². The molecule has 138 valence electrons. The minimum atomic E-state index is -0.241. The van der Waals surface area contributed by atoms with Gasteiger partial charge in [-0.25, -0.2) is 4.98 Å². The first-order valence-electron chi connectivity index (χ1n) is 7.12.